The van der Waals surface area contributed by atoms with Crippen LogP contribution in [0.5, 0.6) is 5.75 Å². The standard InChI is InChI=1S/C30H25ClN4O4/c1-2-39-22-11-8-19(9-12-22)28-23(17-32)30(33)34(21-10-13-24(31)25(16-21)35(37)38)26-14-20(15-27(36)29(26)28)18-6-4-3-5-7-18/h3-13,16,20,28H,2,14-15,33H2,1H3/t20-,28+/m1/s1. The van der Waals surface area contributed by atoms with Crippen LogP contribution in [-0.4, -0.2) is 17.3 Å². The molecule has 0 amide bonds. The lowest BCUT2D eigenvalue weighted by Crippen LogP contribution is -2.40. The van der Waals surface area contributed by atoms with Crippen molar-refractivity contribution in [2.75, 3.05) is 11.5 Å². The van der Waals surface area contributed by atoms with Gasteiger partial charge < -0.3 is 10.5 Å². The number of carbonyl (C=O) groups excluding carboxylic acids is 1. The minimum absolute atomic E-state index is 0.0211. The predicted octanol–water partition coefficient (Wildman–Crippen LogP) is 6.35. The highest BCUT2D eigenvalue weighted by Gasteiger charge is 2.43. The number of Topliss-reactive ketones (excluding diaryl/α,β-unsaturated/α-hetero) is 1. The van der Waals surface area contributed by atoms with Gasteiger partial charge in [0.15, 0.2) is 5.78 Å². The summed E-state index contributed by atoms with van der Waals surface area (Å²) in [6, 6.07) is 23.6. The van der Waals surface area contributed by atoms with Crippen LogP contribution in [0.4, 0.5) is 11.4 Å². The molecule has 0 fully saturated rings. The Kier molecular flexibility index (Phi) is 7.09. The molecule has 9 heteroatoms. The Bertz CT molecular complexity index is 1560. The van der Waals surface area contributed by atoms with Crippen LogP contribution in [0.2, 0.25) is 5.02 Å². The van der Waals surface area contributed by atoms with E-state index in [1.807, 2.05) is 49.4 Å². The highest BCUT2D eigenvalue weighted by molar-refractivity contribution is 6.32. The molecule has 2 N–H and O–H groups in total. The Balaban J connectivity index is 1.72. The number of anilines is 1. The second-order valence-electron chi connectivity index (χ2n) is 9.37. The molecule has 1 aliphatic carbocycles. The summed E-state index contributed by atoms with van der Waals surface area (Å²) in [4.78, 5) is 26.6. The second-order valence-corrected chi connectivity index (χ2v) is 9.78. The van der Waals surface area contributed by atoms with Crippen LogP contribution >= 0.6 is 11.6 Å². The molecule has 0 saturated heterocycles. The van der Waals surface area contributed by atoms with E-state index in [0.717, 1.165) is 11.1 Å². The van der Waals surface area contributed by atoms with Gasteiger partial charge in [-0.3, -0.25) is 19.8 Å². The number of hydrogen-bond donors (Lipinski definition) is 1. The van der Waals surface area contributed by atoms with Crippen LogP contribution < -0.4 is 15.4 Å². The van der Waals surface area contributed by atoms with E-state index in [1.54, 1.807) is 23.1 Å². The summed E-state index contributed by atoms with van der Waals surface area (Å²) in [5.41, 5.74) is 9.77. The maximum atomic E-state index is 13.9. The summed E-state index contributed by atoms with van der Waals surface area (Å²) in [5.74, 6) is -0.106. The van der Waals surface area contributed by atoms with Gasteiger partial charge in [-0.2, -0.15) is 5.26 Å². The molecule has 8 nitrogen and oxygen atoms in total. The van der Waals surface area contributed by atoms with Crippen molar-refractivity contribution < 1.29 is 14.5 Å². The van der Waals surface area contributed by atoms with E-state index < -0.39 is 10.8 Å². The zero-order valence-corrected chi connectivity index (χ0v) is 21.9. The molecule has 0 saturated carbocycles. The molecule has 0 spiro atoms. The highest BCUT2D eigenvalue weighted by atomic mass is 35.5. The summed E-state index contributed by atoms with van der Waals surface area (Å²) in [6.07, 6.45) is 0.720. The van der Waals surface area contributed by atoms with Crippen molar-refractivity contribution in [2.24, 2.45) is 5.73 Å². The average Bonchev–Trinajstić information content (AvgIpc) is 2.94. The van der Waals surface area contributed by atoms with Gasteiger partial charge in [0.05, 0.1) is 34.8 Å². The summed E-state index contributed by atoms with van der Waals surface area (Å²) in [6.45, 7) is 2.40. The van der Waals surface area contributed by atoms with Crippen molar-refractivity contribution in [2.45, 2.75) is 31.6 Å². The molecule has 2 aliphatic rings. The molecule has 3 aromatic rings. The number of benzene rings is 3. The number of carbonyl (C=O) groups is 1. The predicted molar refractivity (Wildman–Crippen MR) is 148 cm³/mol. The molecule has 0 aromatic heterocycles. The Hall–Kier alpha value is -4.61. The number of rotatable bonds is 6. The Labute approximate surface area is 230 Å². The van der Waals surface area contributed by atoms with E-state index in [9.17, 15) is 20.2 Å². The van der Waals surface area contributed by atoms with Crippen molar-refractivity contribution in [3.63, 3.8) is 0 Å². The van der Waals surface area contributed by atoms with E-state index in [-0.39, 0.29) is 40.2 Å². The molecule has 1 heterocycles. The number of ketones is 1. The lowest BCUT2D eigenvalue weighted by Gasteiger charge is -2.41. The van der Waals surface area contributed by atoms with Crippen molar-refractivity contribution in [3.05, 3.63) is 122 Å². The normalized spacial score (nSPS) is 19.0. The average molecular weight is 541 g/mol. The summed E-state index contributed by atoms with van der Waals surface area (Å²) in [7, 11) is 0. The smallest absolute Gasteiger partial charge is 0.289 e. The van der Waals surface area contributed by atoms with Crippen molar-refractivity contribution >= 4 is 28.8 Å². The monoisotopic (exact) mass is 540 g/mol. The summed E-state index contributed by atoms with van der Waals surface area (Å²) in [5, 5.41) is 21.9. The van der Waals surface area contributed by atoms with E-state index >= 15 is 0 Å². The minimum atomic E-state index is -0.677. The molecular formula is C30H25ClN4O4. The van der Waals surface area contributed by atoms with Gasteiger partial charge in [-0.05, 0) is 54.7 Å². The number of hydrogen-bond acceptors (Lipinski definition) is 7. The van der Waals surface area contributed by atoms with Crippen LogP contribution in [0.1, 0.15) is 42.7 Å². The molecule has 5 rings (SSSR count). The first-order valence-electron chi connectivity index (χ1n) is 12.5. The van der Waals surface area contributed by atoms with Crippen LogP contribution in [0, 0.1) is 21.4 Å². The lowest BCUT2D eigenvalue weighted by molar-refractivity contribution is -0.384. The number of nitro groups is 1. The molecule has 196 valence electrons. The van der Waals surface area contributed by atoms with Crippen molar-refractivity contribution in [1.82, 2.24) is 0 Å². The number of nitro benzene ring substituents is 1. The fourth-order valence-electron chi connectivity index (χ4n) is 5.42. The Morgan fingerprint density at radius 3 is 2.46 bits per heavy atom. The molecule has 1 aliphatic heterocycles. The van der Waals surface area contributed by atoms with Gasteiger partial charge in [-0.15, -0.1) is 0 Å². The number of nitrogens with zero attached hydrogens (tertiary/aromatic N) is 3. The first-order chi connectivity index (χ1) is 18.8. The van der Waals surface area contributed by atoms with Gasteiger partial charge >= 0.3 is 0 Å². The Morgan fingerprint density at radius 1 is 1.10 bits per heavy atom. The molecule has 39 heavy (non-hydrogen) atoms. The van der Waals surface area contributed by atoms with Crippen LogP contribution in [0.15, 0.2) is 95.5 Å². The molecule has 0 bridgehead atoms. The number of halogens is 1. The lowest BCUT2D eigenvalue weighted by atomic mass is 9.72. The quantitative estimate of drug-likeness (QED) is 0.285. The second kappa shape index (κ2) is 10.6. The third-order valence-corrected chi connectivity index (χ3v) is 7.47. The van der Waals surface area contributed by atoms with Gasteiger partial charge in [-0.25, -0.2) is 0 Å². The molecule has 0 unspecified atom stereocenters. The van der Waals surface area contributed by atoms with Gasteiger partial charge in [0.1, 0.15) is 16.6 Å². The fraction of sp³-hybridized carbons (Fsp3) is 0.200. The number of ether oxygens (including phenoxy) is 1. The first-order valence-corrected chi connectivity index (χ1v) is 12.9. The zero-order valence-electron chi connectivity index (χ0n) is 21.1. The van der Waals surface area contributed by atoms with Crippen molar-refractivity contribution in [3.8, 4) is 11.8 Å². The maximum absolute atomic E-state index is 13.9. The van der Waals surface area contributed by atoms with E-state index in [2.05, 4.69) is 6.07 Å². The maximum Gasteiger partial charge on any atom is 0.289 e. The number of nitriles is 1. The molecular weight excluding hydrogens is 516 g/mol. The molecule has 2 atom stereocenters. The largest absolute Gasteiger partial charge is 0.494 e. The molecule has 3 aromatic carbocycles. The van der Waals surface area contributed by atoms with E-state index in [4.69, 9.17) is 22.1 Å². The van der Waals surface area contributed by atoms with Gasteiger partial charge in [0.2, 0.25) is 0 Å². The third kappa shape index (κ3) is 4.73. The Morgan fingerprint density at radius 2 is 1.82 bits per heavy atom. The van der Waals surface area contributed by atoms with Crippen LogP contribution in [-0.2, 0) is 4.79 Å². The first kappa shape index (κ1) is 26.0. The summed E-state index contributed by atoms with van der Waals surface area (Å²) >= 11 is 6.09. The topological polar surface area (TPSA) is 122 Å². The highest BCUT2D eigenvalue weighted by Crippen LogP contribution is 2.49. The summed E-state index contributed by atoms with van der Waals surface area (Å²) < 4.78 is 5.57. The molecule has 0 radical (unpaired) electrons. The minimum Gasteiger partial charge on any atom is -0.494 e. The number of allylic oxidation sites excluding steroid dienone is 3. The SMILES string of the molecule is CCOc1ccc([C@H]2C(C#N)=C(N)N(c3ccc(Cl)c([N+](=O)[O-])c3)C3=C2C(=O)C[C@H](c2ccccc2)C3)cc1. The van der Waals surface area contributed by atoms with Gasteiger partial charge in [-0.1, -0.05) is 54.1 Å². The van der Waals surface area contributed by atoms with E-state index in [0.29, 0.717) is 35.7 Å². The van der Waals surface area contributed by atoms with Crippen LogP contribution in [0.3, 0.4) is 0 Å². The van der Waals surface area contributed by atoms with Crippen LogP contribution in [0.25, 0.3) is 0 Å². The fourth-order valence-corrected chi connectivity index (χ4v) is 5.61. The van der Waals surface area contributed by atoms with Crippen molar-refractivity contribution in [1.29, 1.82) is 5.26 Å². The zero-order chi connectivity index (χ0) is 27.7. The number of nitrogens with two attached hydrogens (primary N) is 1. The van der Waals surface area contributed by atoms with Gasteiger partial charge in [0.25, 0.3) is 5.69 Å². The third-order valence-electron chi connectivity index (χ3n) is 7.15. The van der Waals surface area contributed by atoms with E-state index in [1.165, 1.54) is 12.1 Å². The van der Waals surface area contributed by atoms with Gasteiger partial charge in [0, 0.05) is 23.8 Å².